The van der Waals surface area contributed by atoms with Crippen molar-refractivity contribution in [2.45, 2.75) is 26.1 Å². The van der Waals surface area contributed by atoms with Gasteiger partial charge in [0.2, 0.25) is 0 Å². The first-order valence-corrected chi connectivity index (χ1v) is 11.4. The Balaban J connectivity index is 1.62. The molecule has 0 radical (unpaired) electrons. The summed E-state index contributed by atoms with van der Waals surface area (Å²) in [5.41, 5.74) is 2.48. The minimum Gasteiger partial charge on any atom is -0.452 e. The van der Waals surface area contributed by atoms with Gasteiger partial charge in [-0.25, -0.2) is 18.9 Å². The van der Waals surface area contributed by atoms with E-state index in [1.807, 2.05) is 0 Å². The predicted octanol–water partition coefficient (Wildman–Crippen LogP) is 4.60. The number of fused-ring (bicyclic) bond motifs is 1. The lowest BCUT2D eigenvalue weighted by atomic mass is 10.0. The van der Waals surface area contributed by atoms with Crippen molar-refractivity contribution in [3.05, 3.63) is 82.5 Å². The van der Waals surface area contributed by atoms with Gasteiger partial charge in [0.15, 0.2) is 28.7 Å². The van der Waals surface area contributed by atoms with E-state index in [1.54, 1.807) is 13.8 Å². The van der Waals surface area contributed by atoms with Gasteiger partial charge < -0.3 is 10.5 Å². The molecule has 5 rings (SSSR count). The summed E-state index contributed by atoms with van der Waals surface area (Å²) in [7, 11) is 0. The fourth-order valence-corrected chi connectivity index (χ4v) is 4.24. The minimum absolute atomic E-state index is 0.0316. The second-order valence-corrected chi connectivity index (χ2v) is 8.70. The summed E-state index contributed by atoms with van der Waals surface area (Å²) < 4.78 is 65.2. The fraction of sp³-hybridized carbons (Fsp3) is 0.160. The van der Waals surface area contributed by atoms with E-state index in [1.165, 1.54) is 53.5 Å². The number of hydrogen-bond acceptors (Lipinski definition) is 6. The Morgan fingerprint density at radius 2 is 1.79 bits per heavy atom. The molecule has 0 fully saturated rings. The number of hydrogen-bond donors (Lipinski definition) is 2. The van der Waals surface area contributed by atoms with Gasteiger partial charge in [0.05, 0.1) is 11.3 Å². The monoisotopic (exact) mass is 541 g/mol. The molecule has 0 atom stereocenters. The predicted molar refractivity (Wildman–Crippen MR) is 131 cm³/mol. The Kier molecular flexibility index (Phi) is 6.17. The van der Waals surface area contributed by atoms with Gasteiger partial charge in [-0.15, -0.1) is 0 Å². The first-order valence-electron chi connectivity index (χ1n) is 11.4. The van der Waals surface area contributed by atoms with Crippen LogP contribution in [0.25, 0.3) is 28.1 Å². The number of pyridine rings is 2. The van der Waals surface area contributed by atoms with Crippen LogP contribution in [0.1, 0.15) is 35.9 Å². The number of halogens is 4. The summed E-state index contributed by atoms with van der Waals surface area (Å²) in [4.78, 5) is 35.0. The van der Waals surface area contributed by atoms with Gasteiger partial charge in [0, 0.05) is 36.3 Å². The van der Waals surface area contributed by atoms with E-state index in [9.17, 15) is 22.8 Å². The number of primary amides is 1. The molecule has 39 heavy (non-hydrogen) atoms. The number of carbonyl (C=O) groups excluding carboxylic acids is 1. The summed E-state index contributed by atoms with van der Waals surface area (Å²) in [5, 5.41) is 3.98. The van der Waals surface area contributed by atoms with Crippen LogP contribution in [-0.2, 0) is 6.18 Å². The van der Waals surface area contributed by atoms with Crippen molar-refractivity contribution in [1.29, 1.82) is 0 Å². The number of carbonyl (C=O) groups is 1. The largest absolute Gasteiger partial charge is 0.452 e. The number of nitrogens with two attached hydrogens (primary N) is 1. The summed E-state index contributed by atoms with van der Waals surface area (Å²) >= 11 is 0. The highest BCUT2D eigenvalue weighted by molar-refractivity contribution is 6.00. The molecule has 10 nitrogen and oxygen atoms in total. The zero-order valence-electron chi connectivity index (χ0n) is 20.3. The number of imidazole rings is 1. The maximum atomic E-state index is 15.3. The molecule has 0 aliphatic heterocycles. The maximum Gasteiger partial charge on any atom is 0.434 e. The van der Waals surface area contributed by atoms with E-state index in [4.69, 9.17) is 10.5 Å². The highest BCUT2D eigenvalue weighted by Gasteiger charge is 2.42. The van der Waals surface area contributed by atoms with Crippen molar-refractivity contribution in [2.75, 3.05) is 0 Å². The van der Waals surface area contributed by atoms with Gasteiger partial charge in [-0.05, 0) is 44.2 Å². The number of aromatic amines is 1. The maximum absolute atomic E-state index is 15.3. The number of benzene rings is 1. The molecular formula is C25H19F4N7O3. The van der Waals surface area contributed by atoms with Crippen LogP contribution in [0, 0.1) is 5.82 Å². The van der Waals surface area contributed by atoms with Crippen LogP contribution in [0.5, 0.6) is 11.5 Å². The van der Waals surface area contributed by atoms with Crippen molar-refractivity contribution in [3.63, 3.8) is 0 Å². The topological polar surface area (TPSA) is 134 Å². The SMILES string of the molecule is CC(C)n1c(=O)[nH]c2nccc(Oc3ccc(-c4nn(-c5ccncc5)c(C(F)(F)F)c4C(N)=O)cc3F)c21. The van der Waals surface area contributed by atoms with E-state index in [0.29, 0.717) is 10.2 Å². The second-order valence-electron chi connectivity index (χ2n) is 8.70. The highest BCUT2D eigenvalue weighted by atomic mass is 19.4. The number of amides is 1. The van der Waals surface area contributed by atoms with Gasteiger partial charge in [-0.1, -0.05) is 0 Å². The van der Waals surface area contributed by atoms with Crippen LogP contribution < -0.4 is 16.2 Å². The number of alkyl halides is 3. The van der Waals surface area contributed by atoms with Crippen LogP contribution >= 0.6 is 0 Å². The second kappa shape index (κ2) is 9.38. The molecule has 0 aliphatic rings. The lowest BCUT2D eigenvalue weighted by Crippen LogP contribution is -2.21. The standard InChI is InChI=1S/C25H19F4N7O3/c1-12(2)35-20-17(7-10-32-23(20)33-24(35)38)39-16-4-3-13(11-15(16)26)19-18(22(30)37)21(25(27,28)29)36(34-19)14-5-8-31-9-6-14/h3-12H,1-2H3,(H2,30,37)(H,32,33,38). The van der Waals surface area contributed by atoms with Gasteiger partial charge in [0.25, 0.3) is 5.91 Å². The lowest BCUT2D eigenvalue weighted by molar-refractivity contribution is -0.143. The van der Waals surface area contributed by atoms with E-state index >= 15 is 4.39 Å². The Morgan fingerprint density at radius 3 is 2.41 bits per heavy atom. The average molecular weight is 541 g/mol. The quantitative estimate of drug-likeness (QED) is 0.302. The van der Waals surface area contributed by atoms with Gasteiger partial charge in [-0.3, -0.25) is 19.3 Å². The van der Waals surface area contributed by atoms with Crippen LogP contribution in [0.2, 0.25) is 0 Å². The molecule has 200 valence electrons. The first kappa shape index (κ1) is 25.6. The van der Waals surface area contributed by atoms with Crippen LogP contribution in [0.4, 0.5) is 17.6 Å². The van der Waals surface area contributed by atoms with Gasteiger partial charge >= 0.3 is 11.9 Å². The average Bonchev–Trinajstić information content (AvgIpc) is 3.45. The van der Waals surface area contributed by atoms with Gasteiger partial charge in [0.1, 0.15) is 11.2 Å². The molecule has 5 aromatic rings. The number of aromatic nitrogens is 6. The minimum atomic E-state index is -5.02. The molecule has 0 saturated heterocycles. The Hall–Kier alpha value is -5.01. The molecule has 0 spiro atoms. The molecule has 1 amide bonds. The molecule has 0 aliphatic carbocycles. The van der Waals surface area contributed by atoms with E-state index in [0.717, 1.165) is 6.07 Å². The van der Waals surface area contributed by atoms with E-state index in [2.05, 4.69) is 20.1 Å². The fourth-order valence-electron chi connectivity index (χ4n) is 4.24. The summed E-state index contributed by atoms with van der Waals surface area (Å²) in [6.07, 6.45) is -1.14. The lowest BCUT2D eigenvalue weighted by Gasteiger charge is -2.12. The number of H-pyrrole nitrogens is 1. The molecule has 1 aromatic carbocycles. The molecule has 0 unspecified atom stereocenters. The molecule has 0 bridgehead atoms. The van der Waals surface area contributed by atoms with Crippen molar-refractivity contribution < 1.29 is 27.1 Å². The van der Waals surface area contributed by atoms with Crippen molar-refractivity contribution >= 4 is 17.1 Å². The number of nitrogens with zero attached hydrogens (tertiary/aromatic N) is 5. The summed E-state index contributed by atoms with van der Waals surface area (Å²) in [6.45, 7) is 3.55. The third-order valence-corrected chi connectivity index (χ3v) is 5.82. The Morgan fingerprint density at radius 1 is 1.08 bits per heavy atom. The van der Waals surface area contributed by atoms with E-state index in [-0.39, 0.29) is 34.4 Å². The zero-order valence-corrected chi connectivity index (χ0v) is 20.3. The third kappa shape index (κ3) is 4.49. The molecule has 4 aromatic heterocycles. The normalized spacial score (nSPS) is 11.9. The van der Waals surface area contributed by atoms with Crippen molar-refractivity contribution in [1.82, 2.24) is 29.3 Å². The van der Waals surface area contributed by atoms with Crippen LogP contribution in [0.3, 0.4) is 0 Å². The highest BCUT2D eigenvalue weighted by Crippen LogP contribution is 2.39. The van der Waals surface area contributed by atoms with E-state index < -0.39 is 40.5 Å². The molecule has 14 heteroatoms. The number of ether oxygens (including phenoxy) is 1. The molecule has 4 heterocycles. The van der Waals surface area contributed by atoms with Crippen molar-refractivity contribution in [3.8, 4) is 28.4 Å². The first-order chi connectivity index (χ1) is 18.5. The molecular weight excluding hydrogens is 522 g/mol. The number of rotatable bonds is 6. The molecule has 0 saturated carbocycles. The van der Waals surface area contributed by atoms with Crippen LogP contribution in [0.15, 0.2) is 59.8 Å². The zero-order chi connectivity index (χ0) is 28.1. The number of nitrogens with one attached hydrogen (secondary N) is 1. The smallest absolute Gasteiger partial charge is 0.434 e. The van der Waals surface area contributed by atoms with Crippen LogP contribution in [-0.4, -0.2) is 35.2 Å². The summed E-state index contributed by atoms with van der Waals surface area (Å²) in [5.74, 6) is -2.52. The Bertz CT molecular complexity index is 1770. The van der Waals surface area contributed by atoms with Crippen molar-refractivity contribution in [2.24, 2.45) is 5.73 Å². The third-order valence-electron chi connectivity index (χ3n) is 5.82. The molecule has 3 N–H and O–H groups in total. The summed E-state index contributed by atoms with van der Waals surface area (Å²) in [6, 6.07) is 7.00. The Labute approximate surface area is 216 Å². The van der Waals surface area contributed by atoms with Gasteiger partial charge in [-0.2, -0.15) is 18.3 Å².